The number of aryl methyl sites for hydroxylation is 1. The first kappa shape index (κ1) is 11.9. The van der Waals surface area contributed by atoms with Crippen molar-refractivity contribution in [2.24, 2.45) is 0 Å². The van der Waals surface area contributed by atoms with Gasteiger partial charge in [-0.2, -0.15) is 0 Å². The number of aliphatic hydroxyl groups excluding tert-OH is 2. The molecular formula is C17H14O4. The molecule has 0 amide bonds. The van der Waals surface area contributed by atoms with Crippen LogP contribution in [0, 0.1) is 0 Å². The molecule has 5 rings (SSSR count). The number of ketones is 1. The van der Waals surface area contributed by atoms with E-state index in [1.54, 1.807) is 0 Å². The van der Waals surface area contributed by atoms with E-state index in [0.29, 0.717) is 6.42 Å². The standard InChI is InChI=1S/C17H14O4/c18-12-6-5-7-8-1-4-11-13(10(8)3-2-9(7)12)16-17(21-16)15(20)14(11)19/h1-4,14-17,19-20H,5-6H2/t14-,15+,16-,17+/m0/s1. The first-order valence-electron chi connectivity index (χ1n) is 7.30. The molecule has 0 radical (unpaired) electrons. The van der Waals surface area contributed by atoms with Crippen LogP contribution in [0.25, 0.3) is 10.8 Å². The number of carbonyl (C=O) groups excluding carboxylic acids is 1. The lowest BCUT2D eigenvalue weighted by Crippen LogP contribution is -2.29. The minimum Gasteiger partial charge on any atom is -0.387 e. The van der Waals surface area contributed by atoms with Crippen LogP contribution in [0.1, 0.15) is 45.7 Å². The van der Waals surface area contributed by atoms with Gasteiger partial charge in [-0.15, -0.1) is 0 Å². The highest BCUT2D eigenvalue weighted by atomic mass is 16.6. The molecule has 2 aromatic rings. The summed E-state index contributed by atoms with van der Waals surface area (Å²) in [7, 11) is 0. The van der Waals surface area contributed by atoms with Gasteiger partial charge in [0.15, 0.2) is 5.78 Å². The van der Waals surface area contributed by atoms with Gasteiger partial charge in [-0.25, -0.2) is 0 Å². The zero-order chi connectivity index (χ0) is 14.3. The number of carbonyl (C=O) groups is 1. The Morgan fingerprint density at radius 3 is 2.71 bits per heavy atom. The molecule has 21 heavy (non-hydrogen) atoms. The largest absolute Gasteiger partial charge is 0.387 e. The minimum atomic E-state index is -0.900. The van der Waals surface area contributed by atoms with Crippen LogP contribution >= 0.6 is 0 Å². The average molecular weight is 282 g/mol. The number of Topliss-reactive ketones (excluding diaryl/α,β-unsaturated/α-hetero) is 1. The van der Waals surface area contributed by atoms with Crippen LogP contribution in [0.15, 0.2) is 24.3 Å². The van der Waals surface area contributed by atoms with Crippen LogP contribution in [0.2, 0.25) is 0 Å². The molecule has 0 saturated carbocycles. The first-order chi connectivity index (χ1) is 10.2. The Hall–Kier alpha value is -1.75. The van der Waals surface area contributed by atoms with Gasteiger partial charge < -0.3 is 14.9 Å². The zero-order valence-electron chi connectivity index (χ0n) is 11.2. The second-order valence-electron chi connectivity index (χ2n) is 6.14. The van der Waals surface area contributed by atoms with Crippen molar-refractivity contribution in [3.63, 3.8) is 0 Å². The lowest BCUT2D eigenvalue weighted by atomic mass is 9.83. The van der Waals surface area contributed by atoms with Crippen molar-refractivity contribution in [2.45, 2.75) is 37.3 Å². The number of epoxide rings is 1. The van der Waals surface area contributed by atoms with E-state index in [0.717, 1.165) is 39.4 Å². The van der Waals surface area contributed by atoms with E-state index in [9.17, 15) is 15.0 Å². The van der Waals surface area contributed by atoms with Gasteiger partial charge in [-0.3, -0.25) is 4.79 Å². The number of benzene rings is 2. The Morgan fingerprint density at radius 1 is 1.05 bits per heavy atom. The van der Waals surface area contributed by atoms with E-state index < -0.39 is 12.2 Å². The summed E-state index contributed by atoms with van der Waals surface area (Å²) in [4.78, 5) is 11.9. The molecule has 1 heterocycles. The first-order valence-corrected chi connectivity index (χ1v) is 7.30. The van der Waals surface area contributed by atoms with Crippen LogP contribution in [0.4, 0.5) is 0 Å². The fourth-order valence-corrected chi connectivity index (χ4v) is 3.97. The maximum atomic E-state index is 11.9. The molecule has 1 saturated heterocycles. The molecular weight excluding hydrogens is 268 g/mol. The van der Waals surface area contributed by atoms with E-state index in [2.05, 4.69) is 0 Å². The Balaban J connectivity index is 1.83. The molecule has 0 bridgehead atoms. The van der Waals surface area contributed by atoms with Gasteiger partial charge in [-0.1, -0.05) is 24.3 Å². The van der Waals surface area contributed by atoms with Crippen LogP contribution in [-0.4, -0.2) is 28.2 Å². The fraction of sp³-hybridized carbons (Fsp3) is 0.353. The molecule has 2 aromatic carbocycles. The third-order valence-corrected chi connectivity index (χ3v) is 5.08. The Kier molecular flexibility index (Phi) is 2.10. The van der Waals surface area contributed by atoms with Gasteiger partial charge in [-0.05, 0) is 33.9 Å². The molecule has 0 spiro atoms. The lowest BCUT2D eigenvalue weighted by molar-refractivity contribution is 0.000105. The summed E-state index contributed by atoms with van der Waals surface area (Å²) in [5.41, 5.74) is 3.67. The number of hydrogen-bond donors (Lipinski definition) is 2. The minimum absolute atomic E-state index is 0.128. The average Bonchev–Trinajstić information content (AvgIpc) is 3.21. The number of fused-ring (bicyclic) bond motifs is 7. The van der Waals surface area contributed by atoms with Gasteiger partial charge in [0.05, 0.1) is 0 Å². The highest BCUT2D eigenvalue weighted by molar-refractivity contribution is 6.06. The Morgan fingerprint density at radius 2 is 1.86 bits per heavy atom. The smallest absolute Gasteiger partial charge is 0.163 e. The van der Waals surface area contributed by atoms with E-state index in [4.69, 9.17) is 4.74 Å². The van der Waals surface area contributed by atoms with Crippen LogP contribution in [-0.2, 0) is 11.2 Å². The van der Waals surface area contributed by atoms with Crippen molar-refractivity contribution in [1.82, 2.24) is 0 Å². The predicted molar refractivity (Wildman–Crippen MR) is 75.2 cm³/mol. The molecule has 2 N–H and O–H groups in total. The number of hydrogen-bond acceptors (Lipinski definition) is 4. The summed E-state index contributed by atoms with van der Waals surface area (Å²) in [6.45, 7) is 0. The van der Waals surface area contributed by atoms with Gasteiger partial charge in [0.1, 0.15) is 24.4 Å². The van der Waals surface area contributed by atoms with Crippen molar-refractivity contribution in [1.29, 1.82) is 0 Å². The van der Waals surface area contributed by atoms with Crippen molar-refractivity contribution in [3.8, 4) is 0 Å². The summed E-state index contributed by atoms with van der Waals surface area (Å²) in [6, 6.07) is 7.68. The Labute approximate surface area is 121 Å². The van der Waals surface area contributed by atoms with Gasteiger partial charge in [0.25, 0.3) is 0 Å². The predicted octanol–water partition coefficient (Wildman–Crippen LogP) is 1.82. The molecule has 1 fully saturated rings. The molecule has 0 unspecified atom stereocenters. The molecule has 1 aliphatic heterocycles. The maximum Gasteiger partial charge on any atom is 0.163 e. The molecule has 106 valence electrons. The van der Waals surface area contributed by atoms with Crippen LogP contribution in [0.3, 0.4) is 0 Å². The zero-order valence-corrected chi connectivity index (χ0v) is 11.2. The lowest BCUT2D eigenvalue weighted by Gasteiger charge is -2.24. The summed E-state index contributed by atoms with van der Waals surface area (Å²) in [6.07, 6.45) is -0.816. The summed E-state index contributed by atoms with van der Waals surface area (Å²) in [5, 5.41) is 22.3. The highest BCUT2D eigenvalue weighted by Gasteiger charge is 2.54. The summed E-state index contributed by atoms with van der Waals surface area (Å²) in [5.74, 6) is 0.209. The third-order valence-electron chi connectivity index (χ3n) is 5.08. The SMILES string of the molecule is O=C1CCc2c1ccc1c3c(ccc21)[C@H](O)[C@@H](O)[C@H]1O[C@@H]31. The monoisotopic (exact) mass is 282 g/mol. The summed E-state index contributed by atoms with van der Waals surface area (Å²) >= 11 is 0. The van der Waals surface area contributed by atoms with Gasteiger partial charge in [0.2, 0.25) is 0 Å². The molecule has 4 atom stereocenters. The van der Waals surface area contributed by atoms with E-state index in [1.807, 2.05) is 24.3 Å². The fourth-order valence-electron chi connectivity index (χ4n) is 3.97. The number of aliphatic hydroxyl groups is 2. The molecule has 4 heteroatoms. The second-order valence-corrected chi connectivity index (χ2v) is 6.14. The van der Waals surface area contributed by atoms with Crippen molar-refractivity contribution in [3.05, 3.63) is 46.5 Å². The number of ether oxygens (including phenoxy) is 1. The molecule has 2 aliphatic carbocycles. The van der Waals surface area contributed by atoms with Crippen molar-refractivity contribution < 1.29 is 19.7 Å². The molecule has 3 aliphatic rings. The molecule has 0 aromatic heterocycles. The van der Waals surface area contributed by atoms with Crippen LogP contribution < -0.4 is 0 Å². The maximum absolute atomic E-state index is 11.9. The third kappa shape index (κ3) is 1.37. The van der Waals surface area contributed by atoms with E-state index >= 15 is 0 Å². The quantitative estimate of drug-likeness (QED) is 0.723. The van der Waals surface area contributed by atoms with Crippen LogP contribution in [0.5, 0.6) is 0 Å². The van der Waals surface area contributed by atoms with Gasteiger partial charge in [0, 0.05) is 12.0 Å². The van der Waals surface area contributed by atoms with E-state index in [-0.39, 0.29) is 18.0 Å². The highest BCUT2D eigenvalue weighted by Crippen LogP contribution is 2.53. The molecule has 4 nitrogen and oxygen atoms in total. The van der Waals surface area contributed by atoms with Crippen molar-refractivity contribution in [2.75, 3.05) is 0 Å². The van der Waals surface area contributed by atoms with Gasteiger partial charge >= 0.3 is 0 Å². The normalized spacial score (nSPS) is 32.8. The topological polar surface area (TPSA) is 70.1 Å². The summed E-state index contributed by atoms with van der Waals surface area (Å²) < 4.78 is 5.56. The Bertz CT molecular complexity index is 810. The van der Waals surface area contributed by atoms with Crippen molar-refractivity contribution >= 4 is 16.6 Å². The second kappa shape index (κ2) is 3.71. The van der Waals surface area contributed by atoms with E-state index in [1.165, 1.54) is 0 Å². The number of rotatable bonds is 0.